The third-order valence-electron chi connectivity index (χ3n) is 2.47. The second kappa shape index (κ2) is 7.59. The van der Waals surface area contributed by atoms with E-state index in [2.05, 4.69) is 15.6 Å². The zero-order valence-electron chi connectivity index (χ0n) is 10.9. The number of Topliss-reactive ketones (excluding diaryl/α,β-unsaturated/α-hetero) is 1. The second-order valence-electron chi connectivity index (χ2n) is 4.02. The maximum absolute atomic E-state index is 11.6. The zero-order valence-corrected chi connectivity index (χ0v) is 11.7. The van der Waals surface area contributed by atoms with Gasteiger partial charge in [0.25, 0.3) is 6.72 Å². The van der Waals surface area contributed by atoms with Crippen LogP contribution in [0.5, 0.6) is 0 Å². The molecule has 0 aliphatic heterocycles. The molecule has 0 fully saturated rings. The maximum atomic E-state index is 11.6. The van der Waals surface area contributed by atoms with Crippen molar-refractivity contribution < 1.29 is 22.5 Å². The Bertz CT molecular complexity index is 600. The average molecular weight is 298 g/mol. The topological polar surface area (TPSA) is 94.8 Å². The van der Waals surface area contributed by atoms with Crippen molar-refractivity contribution in [3.8, 4) is 0 Å². The summed E-state index contributed by atoms with van der Waals surface area (Å²) in [7, 11) is -3.89. The number of rotatable bonds is 8. The van der Waals surface area contributed by atoms with Crippen molar-refractivity contribution in [3.05, 3.63) is 29.8 Å². The van der Waals surface area contributed by atoms with E-state index < -0.39 is 10.1 Å². The summed E-state index contributed by atoms with van der Waals surface area (Å²) in [4.78, 5) is 11.5. The summed E-state index contributed by atoms with van der Waals surface area (Å²) in [5.41, 5.74) is 0.706. The van der Waals surface area contributed by atoms with E-state index in [4.69, 9.17) is 5.11 Å². The summed E-state index contributed by atoms with van der Waals surface area (Å²) in [5, 5.41) is 8.63. The highest BCUT2D eigenvalue weighted by Gasteiger charge is 2.16. The molecule has 0 saturated carbocycles. The Balaban J connectivity index is 2.74. The molecule has 0 aliphatic carbocycles. The van der Waals surface area contributed by atoms with Crippen molar-refractivity contribution in [2.45, 2.75) is 24.2 Å². The fraction of sp³-hybridized carbons (Fsp3) is 0.308. The van der Waals surface area contributed by atoms with Gasteiger partial charge in [-0.2, -0.15) is 8.42 Å². The number of benzene rings is 1. The molecule has 0 amide bonds. The van der Waals surface area contributed by atoms with E-state index in [0.717, 1.165) is 6.40 Å². The molecule has 1 rings (SSSR count). The highest BCUT2D eigenvalue weighted by molar-refractivity contribution is 7.87. The van der Waals surface area contributed by atoms with Gasteiger partial charge in [0, 0.05) is 19.4 Å². The molecular weight excluding hydrogens is 282 g/mol. The lowest BCUT2D eigenvalue weighted by atomic mass is 10.1. The lowest BCUT2D eigenvalue weighted by Gasteiger charge is -2.03. The second-order valence-corrected chi connectivity index (χ2v) is 5.60. The fourth-order valence-corrected chi connectivity index (χ4v) is 2.26. The summed E-state index contributed by atoms with van der Waals surface area (Å²) < 4.78 is 30.9. The van der Waals surface area contributed by atoms with Crippen LogP contribution in [0.25, 0.3) is 0 Å². The Hall–Kier alpha value is -1.95. The first-order valence-electron chi connectivity index (χ1n) is 5.92. The summed E-state index contributed by atoms with van der Waals surface area (Å²) in [6, 6.07) is 5.82. The van der Waals surface area contributed by atoms with Gasteiger partial charge in [-0.1, -0.05) is 16.8 Å². The summed E-state index contributed by atoms with van der Waals surface area (Å²) in [6.45, 7) is 3.06. The molecule has 0 aliphatic rings. The van der Waals surface area contributed by atoms with Gasteiger partial charge in [-0.25, -0.2) is 0 Å². The van der Waals surface area contributed by atoms with E-state index in [0.29, 0.717) is 18.4 Å². The number of aliphatic hydroxyl groups excluding tert-OH is 1. The van der Waals surface area contributed by atoms with Crippen LogP contribution in [0.15, 0.2) is 29.2 Å². The normalized spacial score (nSPS) is 10.7. The van der Waals surface area contributed by atoms with Gasteiger partial charge < -0.3 is 9.29 Å². The Morgan fingerprint density at radius 2 is 2.00 bits per heavy atom. The third-order valence-corrected chi connectivity index (χ3v) is 3.66. The van der Waals surface area contributed by atoms with E-state index in [1.165, 1.54) is 12.1 Å². The van der Waals surface area contributed by atoms with Crippen LogP contribution in [-0.4, -0.2) is 39.0 Å². The van der Waals surface area contributed by atoms with Crippen molar-refractivity contribution in [1.82, 2.24) is 4.67 Å². The van der Waals surface area contributed by atoms with Gasteiger partial charge in [0.15, 0.2) is 0 Å². The molecule has 0 saturated heterocycles. The molecule has 1 aromatic rings. The maximum Gasteiger partial charge on any atom is 0.465 e. The molecule has 0 radical (unpaired) electrons. The predicted octanol–water partition coefficient (Wildman–Crippen LogP) is 0.0721. The van der Waals surface area contributed by atoms with Gasteiger partial charge >= 0.3 is 16.5 Å². The summed E-state index contributed by atoms with van der Waals surface area (Å²) in [5.74, 6) is -0.00454. The van der Waals surface area contributed by atoms with Crippen molar-refractivity contribution in [2.24, 2.45) is 0 Å². The first kappa shape index (κ1) is 16.1. The molecule has 0 spiro atoms. The standard InChI is InChI=1S/C13H16NO5S/c1-14-10-19-20(17,18)13-6-4-11(5-7-13)9-12(16)3-2-8-15/h4-7,10,15H,1-3,8-9H2/q+1. The Labute approximate surface area is 117 Å². The monoisotopic (exact) mass is 298 g/mol. The van der Waals surface area contributed by atoms with Crippen LogP contribution >= 0.6 is 0 Å². The third kappa shape index (κ3) is 4.97. The van der Waals surface area contributed by atoms with Crippen molar-refractivity contribution >= 4 is 29.0 Å². The molecule has 7 heteroatoms. The van der Waals surface area contributed by atoms with Gasteiger partial charge in [0.2, 0.25) is 0 Å². The van der Waals surface area contributed by atoms with Crippen LogP contribution in [0.2, 0.25) is 0 Å². The van der Waals surface area contributed by atoms with Crippen LogP contribution in [0, 0.1) is 0 Å². The number of ketones is 1. The van der Waals surface area contributed by atoms with Crippen LogP contribution in [-0.2, 0) is 25.5 Å². The molecule has 0 bridgehead atoms. The van der Waals surface area contributed by atoms with Crippen molar-refractivity contribution in [2.75, 3.05) is 6.61 Å². The van der Waals surface area contributed by atoms with E-state index in [-0.39, 0.29) is 23.7 Å². The first-order valence-corrected chi connectivity index (χ1v) is 7.32. The van der Waals surface area contributed by atoms with E-state index in [9.17, 15) is 13.2 Å². The predicted molar refractivity (Wildman–Crippen MR) is 75.1 cm³/mol. The van der Waals surface area contributed by atoms with Crippen LogP contribution in [0.1, 0.15) is 18.4 Å². The van der Waals surface area contributed by atoms with Gasteiger partial charge in [-0.3, -0.25) is 4.79 Å². The number of carbonyl (C=O) groups is 1. The van der Waals surface area contributed by atoms with Gasteiger partial charge in [-0.15, -0.1) is 0 Å². The van der Waals surface area contributed by atoms with Crippen molar-refractivity contribution in [1.29, 1.82) is 0 Å². The Kier molecular flexibility index (Phi) is 6.11. The van der Waals surface area contributed by atoms with Crippen LogP contribution in [0.4, 0.5) is 0 Å². The highest BCUT2D eigenvalue weighted by atomic mass is 32.2. The minimum Gasteiger partial charge on any atom is -0.396 e. The van der Waals surface area contributed by atoms with Gasteiger partial charge in [-0.05, 0) is 24.1 Å². The lowest BCUT2D eigenvalue weighted by Crippen LogP contribution is -2.07. The summed E-state index contributed by atoms with van der Waals surface area (Å²) in [6.07, 6.45) is 1.69. The van der Waals surface area contributed by atoms with E-state index in [1.807, 2.05) is 0 Å². The molecule has 6 nitrogen and oxygen atoms in total. The fourth-order valence-electron chi connectivity index (χ4n) is 1.51. The van der Waals surface area contributed by atoms with E-state index >= 15 is 0 Å². The molecule has 108 valence electrons. The molecule has 0 aromatic heterocycles. The molecule has 0 heterocycles. The lowest BCUT2D eigenvalue weighted by molar-refractivity contribution is -0.118. The number of hydrogen-bond acceptors (Lipinski definition) is 5. The molecule has 1 aromatic carbocycles. The molecular formula is C13H16NO5S+. The first-order chi connectivity index (χ1) is 9.49. The molecule has 1 N–H and O–H groups in total. The molecule has 0 atom stereocenters. The number of carbonyl (C=O) groups excluding carboxylic acids is 1. The molecule has 20 heavy (non-hydrogen) atoms. The average Bonchev–Trinajstić information content (AvgIpc) is 2.43. The smallest absolute Gasteiger partial charge is 0.396 e. The van der Waals surface area contributed by atoms with Crippen molar-refractivity contribution in [3.63, 3.8) is 0 Å². The molecule has 0 unspecified atom stereocenters. The number of hydrogen-bond donors (Lipinski definition) is 1. The van der Waals surface area contributed by atoms with E-state index in [1.54, 1.807) is 12.1 Å². The zero-order chi connectivity index (χ0) is 15.0. The van der Waals surface area contributed by atoms with Crippen LogP contribution < -0.4 is 4.67 Å². The number of nitrogens with zero attached hydrogens (tertiary/aromatic N) is 1. The van der Waals surface area contributed by atoms with Gasteiger partial charge in [0.05, 0.1) is 0 Å². The number of aliphatic hydroxyl groups is 1. The Morgan fingerprint density at radius 3 is 2.55 bits per heavy atom. The summed E-state index contributed by atoms with van der Waals surface area (Å²) >= 11 is 0. The highest BCUT2D eigenvalue weighted by Crippen LogP contribution is 2.13. The minimum atomic E-state index is -3.89. The van der Waals surface area contributed by atoms with Gasteiger partial charge in [0.1, 0.15) is 10.7 Å². The quantitative estimate of drug-likeness (QED) is 0.317. The SMILES string of the molecule is C=[N+]=COS(=O)(=O)c1ccc(CC(=O)CCCO)cc1. The van der Waals surface area contributed by atoms with Crippen LogP contribution in [0.3, 0.4) is 0 Å². The minimum absolute atomic E-state index is 0.00454. The largest absolute Gasteiger partial charge is 0.465 e. The Morgan fingerprint density at radius 1 is 1.35 bits per heavy atom.